The molecule has 0 radical (unpaired) electrons. The molecule has 0 saturated heterocycles. The molecule has 10 nitrogen and oxygen atoms in total. The molecule has 0 aliphatic carbocycles. The molecule has 42 heavy (non-hydrogen) atoms. The van der Waals surface area contributed by atoms with E-state index in [-0.39, 0.29) is 22.1 Å². The van der Waals surface area contributed by atoms with Crippen molar-refractivity contribution >= 4 is 54.9 Å². The van der Waals surface area contributed by atoms with E-state index in [2.05, 4.69) is 22.5 Å². The van der Waals surface area contributed by atoms with Crippen molar-refractivity contribution in [3.05, 3.63) is 48.0 Å². The molecule has 0 saturated carbocycles. The van der Waals surface area contributed by atoms with E-state index >= 15 is 0 Å². The molecule has 0 aliphatic heterocycles. The Kier molecular flexibility index (Phi) is 12.6. The molecule has 0 heterocycles. The van der Waals surface area contributed by atoms with Crippen LogP contribution in [0.3, 0.4) is 0 Å². The summed E-state index contributed by atoms with van der Waals surface area (Å²) in [6.45, 7) is 3.40. The van der Waals surface area contributed by atoms with Crippen LogP contribution in [0.4, 0.5) is 17.1 Å². The summed E-state index contributed by atoms with van der Waals surface area (Å²) in [7, 11) is -4.70. The number of phenols is 1. The number of carbonyl (C=O) groups is 1. The molecule has 0 bridgehead atoms. The summed E-state index contributed by atoms with van der Waals surface area (Å²) in [5.74, 6) is -1.21. The van der Waals surface area contributed by atoms with Gasteiger partial charge in [-0.15, -0.1) is 5.11 Å². The molecule has 1 amide bonds. The third kappa shape index (κ3) is 9.69. The summed E-state index contributed by atoms with van der Waals surface area (Å²) in [6, 6.07) is 10.4. The normalized spacial score (nSPS) is 12.7. The van der Waals surface area contributed by atoms with Crippen molar-refractivity contribution in [1.82, 2.24) is 0 Å². The Bertz CT molecular complexity index is 1540. The second-order valence-corrected chi connectivity index (χ2v) is 12.7. The van der Waals surface area contributed by atoms with E-state index in [1.165, 1.54) is 64.7 Å². The summed E-state index contributed by atoms with van der Waals surface area (Å²) < 4.78 is 57.0. The number of rotatable bonds is 16. The van der Waals surface area contributed by atoms with E-state index in [1.807, 2.05) is 12.1 Å². The van der Waals surface area contributed by atoms with Crippen molar-refractivity contribution in [3.63, 3.8) is 0 Å². The standard InChI is InChI=1S/C30H39N3O7S2/c1-3-4-5-6-7-8-9-10-11-12-13-22-14-16-24(17-15-22)32-33-29-27(41(36)37)19-23-18-25(42(38,39)40)20-26(31-21(2)34)28(23)30(29)35/h14-20,35H,3-13H2,1-2H3,(H,31,34)(H,36,37)(H,38,39,40)/p-1. The third-order valence-corrected chi connectivity index (χ3v) is 8.43. The minimum Gasteiger partial charge on any atom is -0.768 e. The maximum Gasteiger partial charge on any atom is 0.294 e. The number of hydrogen-bond donors (Lipinski definition) is 3. The van der Waals surface area contributed by atoms with Gasteiger partial charge < -0.3 is 15.0 Å². The van der Waals surface area contributed by atoms with Crippen molar-refractivity contribution < 1.29 is 31.6 Å². The molecular formula is C30H38N3O7S2-. The van der Waals surface area contributed by atoms with Gasteiger partial charge in [-0.3, -0.25) is 13.6 Å². The second kappa shape index (κ2) is 15.9. The summed E-state index contributed by atoms with van der Waals surface area (Å²) in [4.78, 5) is 10.7. The first-order valence-corrected chi connectivity index (χ1v) is 16.7. The number of aromatic hydroxyl groups is 1. The molecule has 3 rings (SSSR count). The van der Waals surface area contributed by atoms with Gasteiger partial charge in [0.15, 0.2) is 5.75 Å². The lowest BCUT2D eigenvalue weighted by molar-refractivity contribution is -0.114. The van der Waals surface area contributed by atoms with Gasteiger partial charge in [0, 0.05) is 12.3 Å². The van der Waals surface area contributed by atoms with Gasteiger partial charge >= 0.3 is 0 Å². The molecule has 1 unspecified atom stereocenters. The topological polar surface area (TPSA) is 169 Å². The number of amides is 1. The van der Waals surface area contributed by atoms with Crippen LogP contribution in [0.15, 0.2) is 62.5 Å². The Morgan fingerprint density at radius 2 is 1.52 bits per heavy atom. The predicted molar refractivity (Wildman–Crippen MR) is 163 cm³/mol. The zero-order valence-corrected chi connectivity index (χ0v) is 25.6. The van der Waals surface area contributed by atoms with Crippen LogP contribution in [0.2, 0.25) is 0 Å². The van der Waals surface area contributed by atoms with E-state index in [4.69, 9.17) is 0 Å². The second-order valence-electron chi connectivity index (χ2n) is 10.3. The smallest absolute Gasteiger partial charge is 0.294 e. The lowest BCUT2D eigenvalue weighted by Gasteiger charge is -2.16. The Morgan fingerprint density at radius 3 is 2.07 bits per heavy atom. The zero-order valence-electron chi connectivity index (χ0n) is 24.0. The average Bonchev–Trinajstić information content (AvgIpc) is 2.93. The molecule has 3 aromatic rings. The van der Waals surface area contributed by atoms with Crippen LogP contribution in [0.1, 0.15) is 83.6 Å². The fourth-order valence-corrected chi connectivity index (χ4v) is 5.84. The highest BCUT2D eigenvalue weighted by molar-refractivity contribution is 7.85. The fourth-order valence-electron chi connectivity index (χ4n) is 4.77. The zero-order chi connectivity index (χ0) is 30.7. The van der Waals surface area contributed by atoms with Gasteiger partial charge in [0.1, 0.15) is 5.69 Å². The van der Waals surface area contributed by atoms with Crippen molar-refractivity contribution in [2.75, 3.05) is 5.32 Å². The number of anilines is 1. The van der Waals surface area contributed by atoms with Crippen LogP contribution < -0.4 is 5.32 Å². The molecule has 3 aromatic carbocycles. The summed E-state index contributed by atoms with van der Waals surface area (Å²) in [5, 5.41) is 21.4. The van der Waals surface area contributed by atoms with Crippen molar-refractivity contribution in [2.24, 2.45) is 10.2 Å². The van der Waals surface area contributed by atoms with Crippen LogP contribution >= 0.6 is 0 Å². The van der Waals surface area contributed by atoms with Crippen molar-refractivity contribution in [3.8, 4) is 5.75 Å². The SMILES string of the molecule is CCCCCCCCCCCCc1ccc(N=Nc2c(S(=O)[O-])cc3cc(S(=O)(=O)O)cc(NC(C)=O)c3c2O)cc1. The van der Waals surface area contributed by atoms with E-state index in [0.717, 1.165) is 36.6 Å². The number of fused-ring (bicyclic) bond motifs is 1. The Labute approximate surface area is 249 Å². The number of nitrogens with zero attached hydrogens (tertiary/aromatic N) is 2. The maximum atomic E-state index is 12.0. The maximum absolute atomic E-state index is 12.0. The van der Waals surface area contributed by atoms with Crippen molar-refractivity contribution in [1.29, 1.82) is 0 Å². The molecule has 1 atom stereocenters. The summed E-state index contributed by atoms with van der Waals surface area (Å²) in [6.07, 6.45) is 13.6. The van der Waals surface area contributed by atoms with E-state index in [9.17, 15) is 31.6 Å². The molecular weight excluding hydrogens is 578 g/mol. The Morgan fingerprint density at radius 1 is 0.929 bits per heavy atom. The molecule has 0 fully saturated rings. The molecule has 0 spiro atoms. The van der Waals surface area contributed by atoms with Gasteiger partial charge in [-0.05, 0) is 65.2 Å². The molecule has 0 aliphatic rings. The Balaban J connectivity index is 1.74. The largest absolute Gasteiger partial charge is 0.768 e. The number of unbranched alkanes of at least 4 members (excludes halogenated alkanes) is 9. The van der Waals surface area contributed by atoms with E-state index in [0.29, 0.717) is 5.69 Å². The molecule has 3 N–H and O–H groups in total. The van der Waals surface area contributed by atoms with Gasteiger partial charge in [-0.1, -0.05) is 76.8 Å². The van der Waals surface area contributed by atoms with Crippen LogP contribution in [-0.2, 0) is 32.4 Å². The van der Waals surface area contributed by atoms with Gasteiger partial charge in [0.05, 0.1) is 21.2 Å². The minimum absolute atomic E-state index is 0.0548. The van der Waals surface area contributed by atoms with E-state index < -0.39 is 42.6 Å². The van der Waals surface area contributed by atoms with E-state index in [1.54, 1.807) is 12.1 Å². The van der Waals surface area contributed by atoms with Gasteiger partial charge in [-0.2, -0.15) is 13.5 Å². The highest BCUT2D eigenvalue weighted by Crippen LogP contribution is 2.44. The predicted octanol–water partition coefficient (Wildman–Crippen LogP) is 7.87. The van der Waals surface area contributed by atoms with Gasteiger partial charge in [0.2, 0.25) is 5.91 Å². The number of benzene rings is 3. The van der Waals surface area contributed by atoms with Crippen LogP contribution in [0.25, 0.3) is 10.8 Å². The lowest BCUT2D eigenvalue weighted by atomic mass is 10.0. The lowest BCUT2D eigenvalue weighted by Crippen LogP contribution is -2.08. The number of carbonyl (C=O) groups excluding carboxylic acids is 1. The number of azo groups is 1. The first kappa shape index (κ1) is 33.3. The Hall–Kier alpha value is -3.19. The van der Waals surface area contributed by atoms with Crippen LogP contribution in [0.5, 0.6) is 5.75 Å². The summed E-state index contributed by atoms with van der Waals surface area (Å²) in [5.41, 5.74) is 1.06. The average molecular weight is 617 g/mol. The first-order valence-electron chi connectivity index (χ1n) is 14.2. The molecule has 228 valence electrons. The van der Waals surface area contributed by atoms with Gasteiger partial charge in [-0.25, -0.2) is 0 Å². The monoisotopic (exact) mass is 616 g/mol. The molecule has 12 heteroatoms. The number of aryl methyl sites for hydroxylation is 1. The summed E-state index contributed by atoms with van der Waals surface area (Å²) >= 11 is -2.89. The van der Waals surface area contributed by atoms with Crippen LogP contribution in [0, 0.1) is 0 Å². The molecule has 0 aromatic heterocycles. The third-order valence-electron chi connectivity index (χ3n) is 6.93. The van der Waals surface area contributed by atoms with Gasteiger partial charge in [0.25, 0.3) is 10.1 Å². The highest BCUT2D eigenvalue weighted by Gasteiger charge is 2.21. The highest BCUT2D eigenvalue weighted by atomic mass is 32.2. The van der Waals surface area contributed by atoms with Crippen LogP contribution in [-0.4, -0.2) is 32.7 Å². The fraction of sp³-hybridized carbons (Fsp3) is 0.433. The number of nitrogens with one attached hydrogen (secondary N) is 1. The quantitative estimate of drug-likeness (QED) is 0.0636. The minimum atomic E-state index is -4.70. The van der Waals surface area contributed by atoms with Crippen molar-refractivity contribution in [2.45, 2.75) is 94.3 Å². The first-order chi connectivity index (χ1) is 20.0. The number of hydrogen-bond acceptors (Lipinski definition) is 8. The number of phenolic OH excluding ortho intramolecular Hbond substituents is 1.